The average Bonchev–Trinajstić information content (AvgIpc) is 3.19. The Bertz CT molecular complexity index is 1230. The first-order chi connectivity index (χ1) is 14.8. The summed E-state index contributed by atoms with van der Waals surface area (Å²) in [6.07, 6.45) is 3.28. The van der Waals surface area contributed by atoms with E-state index in [9.17, 15) is 18.8 Å². The van der Waals surface area contributed by atoms with Crippen molar-refractivity contribution in [2.45, 2.75) is 19.9 Å². The van der Waals surface area contributed by atoms with Gasteiger partial charge in [0.2, 0.25) is 0 Å². The second-order valence-electron chi connectivity index (χ2n) is 7.59. The van der Waals surface area contributed by atoms with Crippen molar-refractivity contribution < 1.29 is 18.4 Å². The standard InChI is InChI=1S/C22H21FN4O4/c1-13-24-18(12-31-13)20(28)26-9-8-17-14(10-26)11-27(16-6-4-15(23)5-7-16)22(30)19(17)21(29)25(2)3/h4-7,11-12H,8-10H2,1-3H3. The molecule has 2 aromatic heterocycles. The second kappa shape index (κ2) is 7.82. The van der Waals surface area contributed by atoms with E-state index in [2.05, 4.69) is 4.98 Å². The lowest BCUT2D eigenvalue weighted by atomic mass is 9.95. The molecule has 0 N–H and O–H groups in total. The predicted octanol–water partition coefficient (Wildman–Crippen LogP) is 2.17. The summed E-state index contributed by atoms with van der Waals surface area (Å²) in [4.78, 5) is 46.0. The van der Waals surface area contributed by atoms with Crippen molar-refractivity contribution in [3.63, 3.8) is 0 Å². The maximum atomic E-state index is 13.4. The fourth-order valence-corrected chi connectivity index (χ4v) is 3.69. The first-order valence-corrected chi connectivity index (χ1v) is 9.72. The molecule has 3 aromatic rings. The molecule has 1 aromatic carbocycles. The van der Waals surface area contributed by atoms with Gasteiger partial charge in [-0.3, -0.25) is 19.0 Å². The zero-order valence-corrected chi connectivity index (χ0v) is 17.4. The SMILES string of the molecule is Cc1nc(C(=O)N2CCc3c(cn(-c4ccc(F)cc4)c(=O)c3C(=O)N(C)C)C2)co1. The van der Waals surface area contributed by atoms with Gasteiger partial charge in [-0.05, 0) is 41.8 Å². The third-order valence-electron chi connectivity index (χ3n) is 5.25. The van der Waals surface area contributed by atoms with Crippen LogP contribution in [0.25, 0.3) is 5.69 Å². The molecular weight excluding hydrogens is 403 g/mol. The van der Waals surface area contributed by atoms with Crippen LogP contribution in [-0.4, -0.2) is 51.8 Å². The van der Waals surface area contributed by atoms with Crippen molar-refractivity contribution in [2.75, 3.05) is 20.6 Å². The Morgan fingerprint density at radius 1 is 1.19 bits per heavy atom. The normalized spacial score (nSPS) is 13.1. The lowest BCUT2D eigenvalue weighted by molar-refractivity contribution is 0.0727. The number of amides is 2. The van der Waals surface area contributed by atoms with E-state index in [4.69, 9.17) is 4.42 Å². The zero-order chi connectivity index (χ0) is 22.3. The summed E-state index contributed by atoms with van der Waals surface area (Å²) in [5.41, 5.74) is 1.53. The van der Waals surface area contributed by atoms with Gasteiger partial charge in [0.05, 0.1) is 0 Å². The van der Waals surface area contributed by atoms with Crippen LogP contribution in [0.2, 0.25) is 0 Å². The van der Waals surface area contributed by atoms with Crippen LogP contribution >= 0.6 is 0 Å². The van der Waals surface area contributed by atoms with Crippen LogP contribution in [0.4, 0.5) is 4.39 Å². The molecule has 0 bridgehead atoms. The monoisotopic (exact) mass is 424 g/mol. The number of rotatable bonds is 3. The Balaban J connectivity index is 1.81. The number of aryl methyl sites for hydroxylation is 1. The molecule has 2 amide bonds. The number of oxazole rings is 1. The molecule has 4 rings (SSSR count). The number of halogens is 1. The number of carbonyl (C=O) groups is 2. The van der Waals surface area contributed by atoms with Gasteiger partial charge in [-0.25, -0.2) is 9.37 Å². The molecule has 0 saturated heterocycles. The number of benzene rings is 1. The van der Waals surface area contributed by atoms with Crippen molar-refractivity contribution in [2.24, 2.45) is 0 Å². The van der Waals surface area contributed by atoms with Crippen LogP contribution in [0.15, 0.2) is 45.9 Å². The second-order valence-corrected chi connectivity index (χ2v) is 7.59. The molecule has 9 heteroatoms. The van der Waals surface area contributed by atoms with E-state index in [1.165, 1.54) is 40.0 Å². The highest BCUT2D eigenvalue weighted by molar-refractivity contribution is 5.96. The summed E-state index contributed by atoms with van der Waals surface area (Å²) in [5.74, 6) is -0.740. The van der Waals surface area contributed by atoms with Crippen LogP contribution in [0.1, 0.15) is 37.9 Å². The van der Waals surface area contributed by atoms with Crippen molar-refractivity contribution in [3.05, 3.63) is 81.2 Å². The third kappa shape index (κ3) is 3.74. The number of carbonyl (C=O) groups excluding carboxylic acids is 2. The smallest absolute Gasteiger partial charge is 0.276 e. The van der Waals surface area contributed by atoms with Crippen LogP contribution in [0.5, 0.6) is 0 Å². The number of fused-ring (bicyclic) bond motifs is 1. The van der Waals surface area contributed by atoms with E-state index in [-0.39, 0.29) is 23.7 Å². The maximum absolute atomic E-state index is 13.4. The zero-order valence-electron chi connectivity index (χ0n) is 17.4. The van der Waals surface area contributed by atoms with Crippen molar-refractivity contribution >= 4 is 11.8 Å². The van der Waals surface area contributed by atoms with Crippen LogP contribution in [0, 0.1) is 12.7 Å². The Hall–Kier alpha value is -3.75. The van der Waals surface area contributed by atoms with E-state index in [1.807, 2.05) is 0 Å². The summed E-state index contributed by atoms with van der Waals surface area (Å²) in [7, 11) is 3.16. The van der Waals surface area contributed by atoms with Gasteiger partial charge in [0.25, 0.3) is 17.4 Å². The Kier molecular flexibility index (Phi) is 5.18. The van der Waals surface area contributed by atoms with E-state index in [1.54, 1.807) is 32.1 Å². The first kappa shape index (κ1) is 20.5. The van der Waals surface area contributed by atoms with Crippen LogP contribution in [0.3, 0.4) is 0 Å². The molecule has 0 aliphatic carbocycles. The molecule has 160 valence electrons. The molecule has 3 heterocycles. The molecule has 1 aliphatic rings. The summed E-state index contributed by atoms with van der Waals surface area (Å²) in [6.45, 7) is 2.20. The molecule has 31 heavy (non-hydrogen) atoms. The molecular formula is C22H21FN4O4. The van der Waals surface area contributed by atoms with Crippen LogP contribution in [-0.2, 0) is 13.0 Å². The highest BCUT2D eigenvalue weighted by Gasteiger charge is 2.30. The molecule has 0 saturated carbocycles. The van der Waals surface area contributed by atoms with Crippen molar-refractivity contribution in [1.29, 1.82) is 0 Å². The summed E-state index contributed by atoms with van der Waals surface area (Å²) < 4.78 is 19.8. The van der Waals surface area contributed by atoms with E-state index < -0.39 is 17.3 Å². The predicted molar refractivity (Wildman–Crippen MR) is 110 cm³/mol. The molecule has 0 fully saturated rings. The van der Waals surface area contributed by atoms with E-state index >= 15 is 0 Å². The van der Waals surface area contributed by atoms with Crippen LogP contribution < -0.4 is 5.56 Å². The van der Waals surface area contributed by atoms with Gasteiger partial charge in [-0.2, -0.15) is 0 Å². The molecule has 8 nitrogen and oxygen atoms in total. The number of hydrogen-bond acceptors (Lipinski definition) is 5. The summed E-state index contributed by atoms with van der Waals surface area (Å²) in [5, 5.41) is 0. The van der Waals surface area contributed by atoms with Crippen molar-refractivity contribution in [1.82, 2.24) is 19.4 Å². The van der Waals surface area contributed by atoms with Gasteiger partial charge in [-0.15, -0.1) is 0 Å². The van der Waals surface area contributed by atoms with Gasteiger partial charge in [0.15, 0.2) is 11.6 Å². The molecule has 1 aliphatic heterocycles. The Labute approximate surface area is 177 Å². The topological polar surface area (TPSA) is 88.7 Å². The number of hydrogen-bond donors (Lipinski definition) is 0. The van der Waals surface area contributed by atoms with Gasteiger partial charge in [0.1, 0.15) is 17.6 Å². The number of pyridine rings is 1. The van der Waals surface area contributed by atoms with Crippen molar-refractivity contribution in [3.8, 4) is 5.69 Å². The van der Waals surface area contributed by atoms with E-state index in [0.717, 1.165) is 0 Å². The Morgan fingerprint density at radius 2 is 1.90 bits per heavy atom. The highest BCUT2D eigenvalue weighted by atomic mass is 19.1. The van der Waals surface area contributed by atoms with Gasteiger partial charge in [0, 0.05) is 46.0 Å². The quantitative estimate of drug-likeness (QED) is 0.643. The fourth-order valence-electron chi connectivity index (χ4n) is 3.69. The largest absolute Gasteiger partial charge is 0.448 e. The average molecular weight is 424 g/mol. The first-order valence-electron chi connectivity index (χ1n) is 9.72. The number of aromatic nitrogens is 2. The van der Waals surface area contributed by atoms with Gasteiger partial charge in [-0.1, -0.05) is 0 Å². The molecule has 0 unspecified atom stereocenters. The number of nitrogens with zero attached hydrogens (tertiary/aromatic N) is 4. The minimum atomic E-state index is -0.476. The maximum Gasteiger partial charge on any atom is 0.276 e. The third-order valence-corrected chi connectivity index (χ3v) is 5.25. The summed E-state index contributed by atoms with van der Waals surface area (Å²) in [6, 6.07) is 5.43. The minimum Gasteiger partial charge on any atom is -0.448 e. The Morgan fingerprint density at radius 3 is 2.52 bits per heavy atom. The highest BCUT2D eigenvalue weighted by Crippen LogP contribution is 2.24. The molecule has 0 spiro atoms. The minimum absolute atomic E-state index is 0.0659. The summed E-state index contributed by atoms with van der Waals surface area (Å²) >= 11 is 0. The fraction of sp³-hybridized carbons (Fsp3) is 0.273. The van der Waals surface area contributed by atoms with Gasteiger partial charge < -0.3 is 14.2 Å². The van der Waals surface area contributed by atoms with Gasteiger partial charge >= 0.3 is 0 Å². The van der Waals surface area contributed by atoms with E-state index in [0.29, 0.717) is 35.7 Å². The lowest BCUT2D eigenvalue weighted by Gasteiger charge is -2.30. The lowest BCUT2D eigenvalue weighted by Crippen LogP contribution is -2.41. The molecule has 0 radical (unpaired) electrons. The molecule has 0 atom stereocenters.